The zero-order valence-corrected chi connectivity index (χ0v) is 8.72. The molecule has 0 unspecified atom stereocenters. The zero-order valence-electron chi connectivity index (χ0n) is 8.72. The minimum atomic E-state index is 0.771. The predicted octanol–water partition coefficient (Wildman–Crippen LogP) is 2.59. The van der Waals surface area contributed by atoms with Crippen molar-refractivity contribution in [2.24, 2.45) is 0 Å². The second-order valence-corrected chi connectivity index (χ2v) is 3.53. The van der Waals surface area contributed by atoms with Gasteiger partial charge in [0.2, 0.25) is 0 Å². The van der Waals surface area contributed by atoms with Gasteiger partial charge in [-0.15, -0.1) is 0 Å². The molecule has 0 amide bonds. The molecule has 2 aromatic rings. The summed E-state index contributed by atoms with van der Waals surface area (Å²) in [6, 6.07) is 1.88. The van der Waals surface area contributed by atoms with Gasteiger partial charge in [0.05, 0.1) is 0 Å². The number of nitrogens with two attached hydrogens (primary N) is 1. The maximum Gasteiger partial charge on any atom is 0.195 e. The largest absolute Gasteiger partial charge is 0.440 e. The van der Waals surface area contributed by atoms with Crippen LogP contribution in [0.15, 0.2) is 10.5 Å². The molecular weight excluding hydrogens is 176 g/mol. The Morgan fingerprint density at radius 2 is 2.07 bits per heavy atom. The van der Waals surface area contributed by atoms with Crippen LogP contribution >= 0.6 is 0 Å². The monoisotopic (exact) mass is 190 g/mol. The average molecular weight is 190 g/mol. The summed E-state index contributed by atoms with van der Waals surface area (Å²) >= 11 is 0. The van der Waals surface area contributed by atoms with Gasteiger partial charge in [0.15, 0.2) is 11.5 Å². The van der Waals surface area contributed by atoms with Crippen molar-refractivity contribution in [2.75, 3.05) is 5.73 Å². The van der Waals surface area contributed by atoms with E-state index in [0.29, 0.717) is 0 Å². The number of benzene rings is 1. The van der Waals surface area contributed by atoms with Crippen molar-refractivity contribution in [3.8, 4) is 0 Å². The van der Waals surface area contributed by atoms with E-state index in [1.165, 1.54) is 0 Å². The third-order valence-corrected chi connectivity index (χ3v) is 2.63. The van der Waals surface area contributed by atoms with Crippen LogP contribution in [0.4, 0.5) is 5.69 Å². The van der Waals surface area contributed by atoms with Crippen LogP contribution in [0.3, 0.4) is 0 Å². The summed E-state index contributed by atoms with van der Waals surface area (Å²) in [7, 11) is 0. The van der Waals surface area contributed by atoms with Crippen LogP contribution in [0.5, 0.6) is 0 Å². The summed E-state index contributed by atoms with van der Waals surface area (Å²) in [6.45, 7) is 6.03. The fourth-order valence-corrected chi connectivity index (χ4v) is 1.54. The SMILES string of the molecule is CCc1nc2cc(N)c(C)c(C)c2o1. The number of hydrogen-bond acceptors (Lipinski definition) is 3. The van der Waals surface area contributed by atoms with Crippen molar-refractivity contribution in [2.45, 2.75) is 27.2 Å². The molecule has 0 aliphatic heterocycles. The molecule has 0 saturated carbocycles. The molecule has 0 spiro atoms. The number of hydrogen-bond donors (Lipinski definition) is 1. The molecule has 1 heterocycles. The molecule has 3 heteroatoms. The van der Waals surface area contributed by atoms with E-state index in [1.54, 1.807) is 0 Å². The first kappa shape index (κ1) is 9.06. The van der Waals surface area contributed by atoms with Crippen molar-refractivity contribution in [1.29, 1.82) is 0 Å². The third-order valence-electron chi connectivity index (χ3n) is 2.63. The first-order chi connectivity index (χ1) is 6.63. The Labute approximate surface area is 82.9 Å². The number of aromatic nitrogens is 1. The molecule has 74 valence electrons. The first-order valence-corrected chi connectivity index (χ1v) is 4.78. The average Bonchev–Trinajstić information content (AvgIpc) is 2.57. The Bertz CT molecular complexity index is 485. The van der Waals surface area contributed by atoms with Crippen molar-refractivity contribution >= 4 is 16.8 Å². The Kier molecular flexibility index (Phi) is 1.95. The summed E-state index contributed by atoms with van der Waals surface area (Å²) < 4.78 is 5.62. The molecule has 1 aromatic carbocycles. The van der Waals surface area contributed by atoms with E-state index < -0.39 is 0 Å². The lowest BCUT2D eigenvalue weighted by atomic mass is 10.1. The van der Waals surface area contributed by atoms with Gasteiger partial charge in [0, 0.05) is 12.1 Å². The highest BCUT2D eigenvalue weighted by molar-refractivity contribution is 5.82. The highest BCUT2D eigenvalue weighted by atomic mass is 16.3. The topological polar surface area (TPSA) is 52.0 Å². The van der Waals surface area contributed by atoms with Crippen molar-refractivity contribution < 1.29 is 4.42 Å². The Balaban J connectivity index is 2.81. The van der Waals surface area contributed by atoms with Crippen molar-refractivity contribution in [1.82, 2.24) is 4.98 Å². The number of fused-ring (bicyclic) bond motifs is 1. The highest BCUT2D eigenvalue weighted by Gasteiger charge is 2.10. The van der Waals surface area contributed by atoms with Gasteiger partial charge in [-0.1, -0.05) is 6.92 Å². The van der Waals surface area contributed by atoms with Gasteiger partial charge in [-0.25, -0.2) is 4.98 Å². The van der Waals surface area contributed by atoms with E-state index >= 15 is 0 Å². The third kappa shape index (κ3) is 1.16. The van der Waals surface area contributed by atoms with Crippen LogP contribution in [0, 0.1) is 13.8 Å². The van der Waals surface area contributed by atoms with E-state index in [0.717, 1.165) is 40.2 Å². The first-order valence-electron chi connectivity index (χ1n) is 4.78. The smallest absolute Gasteiger partial charge is 0.195 e. The Hall–Kier alpha value is -1.51. The fourth-order valence-electron chi connectivity index (χ4n) is 1.54. The van der Waals surface area contributed by atoms with Gasteiger partial charge in [0.25, 0.3) is 0 Å². The molecule has 0 atom stereocenters. The van der Waals surface area contributed by atoms with E-state index in [9.17, 15) is 0 Å². The molecule has 0 aliphatic carbocycles. The molecule has 0 fully saturated rings. The normalized spacial score (nSPS) is 11.1. The lowest BCUT2D eigenvalue weighted by Crippen LogP contribution is -1.92. The number of aryl methyl sites for hydroxylation is 2. The van der Waals surface area contributed by atoms with Crippen molar-refractivity contribution in [3.05, 3.63) is 23.1 Å². The minimum absolute atomic E-state index is 0.771. The molecule has 0 saturated heterocycles. The molecule has 14 heavy (non-hydrogen) atoms. The lowest BCUT2D eigenvalue weighted by molar-refractivity contribution is 0.536. The van der Waals surface area contributed by atoms with Gasteiger partial charge in [-0.3, -0.25) is 0 Å². The maximum absolute atomic E-state index is 5.86. The molecule has 2 rings (SSSR count). The van der Waals surface area contributed by atoms with E-state index in [4.69, 9.17) is 10.2 Å². The van der Waals surface area contributed by atoms with Gasteiger partial charge in [0.1, 0.15) is 5.52 Å². The van der Waals surface area contributed by atoms with Gasteiger partial charge >= 0.3 is 0 Å². The second-order valence-electron chi connectivity index (χ2n) is 3.53. The van der Waals surface area contributed by atoms with E-state index in [1.807, 2.05) is 26.8 Å². The fraction of sp³-hybridized carbons (Fsp3) is 0.364. The molecule has 1 aromatic heterocycles. The summed E-state index contributed by atoms with van der Waals surface area (Å²) in [5.41, 5.74) is 10.5. The van der Waals surface area contributed by atoms with E-state index in [-0.39, 0.29) is 0 Å². The number of anilines is 1. The number of oxazole rings is 1. The zero-order chi connectivity index (χ0) is 10.3. The minimum Gasteiger partial charge on any atom is -0.440 e. The van der Waals surface area contributed by atoms with Crippen LogP contribution in [0.2, 0.25) is 0 Å². The molecule has 0 bridgehead atoms. The van der Waals surface area contributed by atoms with Crippen molar-refractivity contribution in [3.63, 3.8) is 0 Å². The van der Waals surface area contributed by atoms with Crippen LogP contribution < -0.4 is 5.73 Å². The quantitative estimate of drug-likeness (QED) is 0.703. The Morgan fingerprint density at radius 3 is 2.71 bits per heavy atom. The molecular formula is C11H14N2O. The van der Waals surface area contributed by atoms with Gasteiger partial charge < -0.3 is 10.2 Å². The Morgan fingerprint density at radius 1 is 1.36 bits per heavy atom. The van der Waals surface area contributed by atoms with Gasteiger partial charge in [-0.2, -0.15) is 0 Å². The van der Waals surface area contributed by atoms with Gasteiger partial charge in [-0.05, 0) is 31.0 Å². The second kappa shape index (κ2) is 3.01. The molecule has 2 N–H and O–H groups in total. The number of nitrogen functional groups attached to an aromatic ring is 1. The summed E-state index contributed by atoms with van der Waals surface area (Å²) in [5.74, 6) is 0.771. The number of rotatable bonds is 1. The highest BCUT2D eigenvalue weighted by Crippen LogP contribution is 2.26. The summed E-state index contributed by atoms with van der Waals surface area (Å²) in [4.78, 5) is 4.35. The van der Waals surface area contributed by atoms with Crippen LogP contribution in [0.1, 0.15) is 23.9 Å². The van der Waals surface area contributed by atoms with E-state index in [2.05, 4.69) is 4.98 Å². The molecule has 3 nitrogen and oxygen atoms in total. The lowest BCUT2D eigenvalue weighted by Gasteiger charge is -2.02. The molecule has 0 radical (unpaired) electrons. The maximum atomic E-state index is 5.86. The number of nitrogens with zero attached hydrogens (tertiary/aromatic N) is 1. The van der Waals surface area contributed by atoms with Crippen LogP contribution in [-0.4, -0.2) is 4.98 Å². The molecule has 0 aliphatic rings. The standard InChI is InChI=1S/C11H14N2O/c1-4-10-13-9-5-8(12)6(2)7(3)11(9)14-10/h5H,4,12H2,1-3H3. The van der Waals surface area contributed by atoms with Crippen LogP contribution in [0.25, 0.3) is 11.1 Å². The summed E-state index contributed by atoms with van der Waals surface area (Å²) in [5, 5.41) is 0. The predicted molar refractivity (Wildman–Crippen MR) is 57.3 cm³/mol. The summed E-state index contributed by atoms with van der Waals surface area (Å²) in [6.07, 6.45) is 0.813. The van der Waals surface area contributed by atoms with Crippen LogP contribution in [-0.2, 0) is 6.42 Å².